The average molecular weight is 399 g/mol. The Labute approximate surface area is 149 Å². The van der Waals surface area contributed by atoms with E-state index >= 15 is 0 Å². The first-order chi connectivity index (χ1) is 11.0. The predicted molar refractivity (Wildman–Crippen MR) is 94.7 cm³/mol. The van der Waals surface area contributed by atoms with Crippen molar-refractivity contribution in [2.45, 2.75) is 20.3 Å². The highest BCUT2D eigenvalue weighted by molar-refractivity contribution is 9.10. The molecule has 0 fully saturated rings. The van der Waals surface area contributed by atoms with Crippen molar-refractivity contribution in [3.63, 3.8) is 0 Å². The molecule has 0 aromatic heterocycles. The third-order valence-electron chi connectivity index (χ3n) is 3.55. The van der Waals surface area contributed by atoms with Crippen molar-refractivity contribution < 1.29 is 23.8 Å². The second kappa shape index (κ2) is 8.68. The Morgan fingerprint density at radius 1 is 1.12 bits per heavy atom. The molecule has 0 amide bonds. The molecule has 0 saturated carbocycles. The molecule has 2 rings (SSSR count). The second-order valence-electron chi connectivity index (χ2n) is 4.87. The Morgan fingerprint density at radius 2 is 1.75 bits per heavy atom. The fraction of sp³-hybridized carbons (Fsp3) is 0.278. The molecule has 0 spiro atoms. The summed E-state index contributed by atoms with van der Waals surface area (Å²) in [5, 5.41) is 8.97. The first-order valence-corrected chi connectivity index (χ1v) is 7.68. The van der Waals surface area contributed by atoms with Crippen molar-refractivity contribution in [2.24, 2.45) is 0 Å². The molecule has 0 heterocycles. The highest BCUT2D eigenvalue weighted by Gasteiger charge is 2.15. The third kappa shape index (κ3) is 4.26. The van der Waals surface area contributed by atoms with E-state index in [1.54, 1.807) is 12.1 Å². The molecule has 6 heteroatoms. The van der Waals surface area contributed by atoms with E-state index in [0.717, 1.165) is 5.56 Å². The number of rotatable bonds is 6. The van der Waals surface area contributed by atoms with Crippen LogP contribution in [0.3, 0.4) is 0 Å². The minimum atomic E-state index is -0.988. The monoisotopic (exact) mass is 398 g/mol. The molecule has 0 aliphatic rings. The standard InChI is InChI=1S/C17H16BrFO4.CH4/c1-22-14-7-8-15(23-2)16(19)12(14)6-5-10-3-4-11(17(20)21)9-13(10)18;/h3-4,7-9H,5-6H2,1-2H3,(H,20,21);1H4. The molecule has 0 atom stereocenters. The van der Waals surface area contributed by atoms with Gasteiger partial charge in [-0.05, 0) is 42.7 Å². The summed E-state index contributed by atoms with van der Waals surface area (Å²) in [6.45, 7) is 0. The van der Waals surface area contributed by atoms with Gasteiger partial charge in [-0.3, -0.25) is 0 Å². The fourth-order valence-corrected chi connectivity index (χ4v) is 2.88. The van der Waals surface area contributed by atoms with Crippen LogP contribution >= 0.6 is 15.9 Å². The maximum absolute atomic E-state index is 14.4. The minimum Gasteiger partial charge on any atom is -0.496 e. The van der Waals surface area contributed by atoms with Crippen molar-refractivity contribution in [2.75, 3.05) is 14.2 Å². The molecule has 0 unspecified atom stereocenters. The molecule has 0 aliphatic heterocycles. The van der Waals surface area contributed by atoms with Crippen molar-refractivity contribution in [1.82, 2.24) is 0 Å². The van der Waals surface area contributed by atoms with Gasteiger partial charge in [-0.1, -0.05) is 29.4 Å². The van der Waals surface area contributed by atoms with E-state index in [1.165, 1.54) is 32.4 Å². The van der Waals surface area contributed by atoms with Gasteiger partial charge in [0.1, 0.15) is 5.75 Å². The van der Waals surface area contributed by atoms with Crippen LogP contribution in [0.4, 0.5) is 4.39 Å². The molecule has 4 nitrogen and oxygen atoms in total. The van der Waals surface area contributed by atoms with Crippen molar-refractivity contribution in [1.29, 1.82) is 0 Å². The highest BCUT2D eigenvalue weighted by atomic mass is 79.9. The molecule has 0 radical (unpaired) electrons. The van der Waals surface area contributed by atoms with Crippen LogP contribution in [-0.4, -0.2) is 25.3 Å². The summed E-state index contributed by atoms with van der Waals surface area (Å²) in [7, 11) is 2.90. The van der Waals surface area contributed by atoms with Crippen LogP contribution in [0.2, 0.25) is 0 Å². The van der Waals surface area contributed by atoms with Gasteiger partial charge in [0.05, 0.1) is 19.8 Å². The number of aromatic carboxylic acids is 1. The Kier molecular flexibility index (Phi) is 7.22. The molecule has 0 saturated heterocycles. The van der Waals surface area contributed by atoms with Gasteiger partial charge in [0.15, 0.2) is 11.6 Å². The van der Waals surface area contributed by atoms with E-state index in [-0.39, 0.29) is 18.7 Å². The number of aryl methyl sites for hydroxylation is 1. The zero-order valence-corrected chi connectivity index (χ0v) is 14.3. The van der Waals surface area contributed by atoms with E-state index in [9.17, 15) is 9.18 Å². The van der Waals surface area contributed by atoms with E-state index < -0.39 is 11.8 Å². The number of methoxy groups -OCH3 is 2. The Balaban J connectivity index is 0.00000288. The van der Waals surface area contributed by atoms with Crippen LogP contribution in [0.1, 0.15) is 28.9 Å². The van der Waals surface area contributed by atoms with Crippen molar-refractivity contribution >= 4 is 21.9 Å². The summed E-state index contributed by atoms with van der Waals surface area (Å²) >= 11 is 3.36. The Bertz CT molecular complexity index is 731. The fourth-order valence-electron chi connectivity index (χ4n) is 2.31. The smallest absolute Gasteiger partial charge is 0.335 e. The summed E-state index contributed by atoms with van der Waals surface area (Å²) in [6, 6.07) is 7.98. The van der Waals surface area contributed by atoms with E-state index in [4.69, 9.17) is 14.6 Å². The lowest BCUT2D eigenvalue weighted by atomic mass is 10.0. The maximum atomic E-state index is 14.4. The number of carboxylic acid groups (broad SMARTS) is 1. The number of hydrogen-bond acceptors (Lipinski definition) is 3. The molecule has 2 aromatic rings. The lowest BCUT2D eigenvalue weighted by Crippen LogP contribution is -2.02. The van der Waals surface area contributed by atoms with Crippen LogP contribution in [-0.2, 0) is 12.8 Å². The quantitative estimate of drug-likeness (QED) is 0.764. The van der Waals surface area contributed by atoms with Crippen LogP contribution in [0.15, 0.2) is 34.8 Å². The van der Waals surface area contributed by atoms with Crippen LogP contribution in [0.25, 0.3) is 0 Å². The van der Waals surface area contributed by atoms with Crippen LogP contribution in [0.5, 0.6) is 11.5 Å². The number of benzene rings is 2. The van der Waals surface area contributed by atoms with Gasteiger partial charge in [-0.25, -0.2) is 9.18 Å². The molecule has 2 aromatic carbocycles. The zero-order chi connectivity index (χ0) is 17.0. The van der Waals surface area contributed by atoms with Gasteiger partial charge >= 0.3 is 5.97 Å². The molecular weight excluding hydrogens is 379 g/mol. The number of ether oxygens (including phenoxy) is 2. The van der Waals surface area contributed by atoms with E-state index in [2.05, 4.69) is 15.9 Å². The number of carboxylic acids is 1. The number of carbonyl (C=O) groups is 1. The van der Waals surface area contributed by atoms with Gasteiger partial charge in [0.2, 0.25) is 0 Å². The SMILES string of the molecule is C.COc1ccc(OC)c(CCc2ccc(C(=O)O)cc2Br)c1F. The second-order valence-corrected chi connectivity index (χ2v) is 5.73. The third-order valence-corrected chi connectivity index (χ3v) is 4.29. The molecule has 130 valence electrons. The molecule has 0 bridgehead atoms. The molecule has 1 N–H and O–H groups in total. The van der Waals surface area contributed by atoms with Gasteiger partial charge in [0.25, 0.3) is 0 Å². The van der Waals surface area contributed by atoms with Crippen molar-refractivity contribution in [3.8, 4) is 11.5 Å². The Hall–Kier alpha value is -2.08. The topological polar surface area (TPSA) is 55.8 Å². The average Bonchev–Trinajstić information content (AvgIpc) is 2.54. The van der Waals surface area contributed by atoms with Crippen LogP contribution < -0.4 is 9.47 Å². The van der Waals surface area contributed by atoms with Gasteiger partial charge in [0, 0.05) is 10.0 Å². The maximum Gasteiger partial charge on any atom is 0.335 e. The van der Waals surface area contributed by atoms with Gasteiger partial charge in [-0.15, -0.1) is 0 Å². The van der Waals surface area contributed by atoms with Crippen molar-refractivity contribution in [3.05, 3.63) is 57.3 Å². The lowest BCUT2D eigenvalue weighted by molar-refractivity contribution is 0.0697. The normalized spacial score (nSPS) is 10.0. The number of hydrogen-bond donors (Lipinski definition) is 1. The lowest BCUT2D eigenvalue weighted by Gasteiger charge is -2.13. The summed E-state index contributed by atoms with van der Waals surface area (Å²) in [6.07, 6.45) is 0.929. The predicted octanol–water partition coefficient (Wildman–Crippen LogP) is 4.72. The highest BCUT2D eigenvalue weighted by Crippen LogP contribution is 2.30. The summed E-state index contributed by atoms with van der Waals surface area (Å²) in [5.41, 5.74) is 1.52. The zero-order valence-electron chi connectivity index (χ0n) is 12.7. The Morgan fingerprint density at radius 3 is 2.29 bits per heavy atom. The van der Waals surface area contributed by atoms with E-state index in [0.29, 0.717) is 28.6 Å². The van der Waals surface area contributed by atoms with Gasteiger partial charge in [-0.2, -0.15) is 0 Å². The summed E-state index contributed by atoms with van der Waals surface area (Å²) in [5.74, 6) is -0.800. The van der Waals surface area contributed by atoms with Crippen LogP contribution in [0, 0.1) is 5.82 Å². The summed E-state index contributed by atoms with van der Waals surface area (Å²) in [4.78, 5) is 10.9. The number of halogens is 2. The first-order valence-electron chi connectivity index (χ1n) is 6.89. The van der Waals surface area contributed by atoms with E-state index in [1.807, 2.05) is 0 Å². The molecule has 0 aliphatic carbocycles. The summed E-state index contributed by atoms with van der Waals surface area (Å²) < 4.78 is 25.3. The largest absolute Gasteiger partial charge is 0.496 e. The molecule has 24 heavy (non-hydrogen) atoms. The first kappa shape index (κ1) is 20.0. The molecular formula is C18H20BrFO4. The minimum absolute atomic E-state index is 0. The van der Waals surface area contributed by atoms with Gasteiger partial charge < -0.3 is 14.6 Å².